The number of nitrogens with zero attached hydrogens (tertiary/aromatic N) is 4. The topological polar surface area (TPSA) is 72.3 Å². The Labute approximate surface area is 184 Å². The molecule has 0 spiro atoms. The average molecular weight is 446 g/mol. The number of carbonyl (C=O) groups is 1. The third-order valence-electron chi connectivity index (χ3n) is 4.84. The van der Waals surface area contributed by atoms with Gasteiger partial charge in [0.05, 0.1) is 40.3 Å². The van der Waals surface area contributed by atoms with Crippen molar-refractivity contribution in [2.24, 2.45) is 0 Å². The van der Waals surface area contributed by atoms with E-state index in [0.29, 0.717) is 42.8 Å². The van der Waals surface area contributed by atoms with Crippen LogP contribution in [-0.2, 0) is 4.74 Å². The first-order valence-electron chi connectivity index (χ1n) is 9.57. The number of hydrogen-bond acceptors (Lipinski definition) is 5. The molecule has 0 unspecified atom stereocenters. The number of para-hydroxylation sites is 1. The molecule has 1 aromatic carbocycles. The molecule has 156 valence electrons. The first-order chi connectivity index (χ1) is 14.4. The van der Waals surface area contributed by atoms with Crippen molar-refractivity contribution in [1.82, 2.24) is 14.8 Å². The summed E-state index contributed by atoms with van der Waals surface area (Å²) in [6.07, 6.45) is 0. The fourth-order valence-electron chi connectivity index (χ4n) is 3.48. The van der Waals surface area contributed by atoms with Gasteiger partial charge < -0.3 is 15.0 Å². The van der Waals surface area contributed by atoms with Gasteiger partial charge >= 0.3 is 0 Å². The molecule has 0 aliphatic carbocycles. The van der Waals surface area contributed by atoms with Gasteiger partial charge in [-0.05, 0) is 44.2 Å². The van der Waals surface area contributed by atoms with E-state index >= 15 is 0 Å². The number of anilines is 2. The lowest BCUT2D eigenvalue weighted by molar-refractivity contribution is 0.102. The number of aromatic nitrogens is 3. The highest BCUT2D eigenvalue weighted by Crippen LogP contribution is 2.35. The zero-order chi connectivity index (χ0) is 21.3. The summed E-state index contributed by atoms with van der Waals surface area (Å²) >= 11 is 12.8. The van der Waals surface area contributed by atoms with Crippen LogP contribution in [-0.4, -0.2) is 47.0 Å². The van der Waals surface area contributed by atoms with E-state index in [1.54, 1.807) is 28.9 Å². The van der Waals surface area contributed by atoms with Crippen molar-refractivity contribution in [2.45, 2.75) is 13.8 Å². The predicted octanol–water partition coefficient (Wildman–Crippen LogP) is 4.28. The fraction of sp³-hybridized carbons (Fsp3) is 0.286. The largest absolute Gasteiger partial charge is 0.378 e. The fourth-order valence-corrected chi connectivity index (χ4v) is 3.96. The number of benzene rings is 1. The Kier molecular flexibility index (Phi) is 5.94. The molecule has 0 atom stereocenters. The molecule has 2 aromatic heterocycles. The third kappa shape index (κ3) is 4.14. The van der Waals surface area contributed by atoms with Crippen LogP contribution in [0.4, 0.5) is 11.4 Å². The Bertz CT molecular complexity index is 1090. The number of pyridine rings is 1. The van der Waals surface area contributed by atoms with Crippen LogP contribution in [0.5, 0.6) is 0 Å². The summed E-state index contributed by atoms with van der Waals surface area (Å²) in [6, 6.07) is 10.7. The highest BCUT2D eigenvalue weighted by Gasteiger charge is 2.21. The van der Waals surface area contributed by atoms with Crippen LogP contribution in [0.1, 0.15) is 21.9 Å². The van der Waals surface area contributed by atoms with Crippen LogP contribution in [0, 0.1) is 13.8 Å². The molecule has 30 heavy (non-hydrogen) atoms. The second-order valence-corrected chi connectivity index (χ2v) is 7.84. The molecule has 1 N–H and O–H groups in total. The lowest BCUT2D eigenvalue weighted by atomic mass is 10.2. The zero-order valence-electron chi connectivity index (χ0n) is 16.7. The Balaban J connectivity index is 1.66. The van der Waals surface area contributed by atoms with Crippen molar-refractivity contribution in [2.75, 3.05) is 36.5 Å². The number of ether oxygens (including phenoxy) is 1. The first kappa shape index (κ1) is 20.7. The van der Waals surface area contributed by atoms with Crippen molar-refractivity contribution in [3.8, 4) is 5.82 Å². The molecule has 0 bridgehead atoms. The van der Waals surface area contributed by atoms with Gasteiger partial charge in [-0.1, -0.05) is 29.3 Å². The van der Waals surface area contributed by atoms with E-state index < -0.39 is 5.91 Å². The number of rotatable bonds is 4. The Morgan fingerprint density at radius 2 is 1.87 bits per heavy atom. The lowest BCUT2D eigenvalue weighted by Crippen LogP contribution is -2.37. The van der Waals surface area contributed by atoms with Crippen molar-refractivity contribution >= 4 is 40.5 Å². The summed E-state index contributed by atoms with van der Waals surface area (Å²) in [4.78, 5) is 19.6. The number of carbonyl (C=O) groups excluding carboxylic acids is 1. The quantitative estimate of drug-likeness (QED) is 0.648. The van der Waals surface area contributed by atoms with Crippen molar-refractivity contribution in [3.05, 3.63) is 63.5 Å². The SMILES string of the molecule is Cc1cc(C)n(-c2ccc(Cl)c(C(=O)Nc3cccc(Cl)c3N3CCOCC3)n2)n1. The number of nitrogens with one attached hydrogen (secondary N) is 1. The van der Waals surface area contributed by atoms with E-state index in [4.69, 9.17) is 27.9 Å². The molecular formula is C21H21Cl2N5O2. The molecule has 7 nitrogen and oxygen atoms in total. The monoisotopic (exact) mass is 445 g/mol. The van der Waals surface area contributed by atoms with Crippen LogP contribution >= 0.6 is 23.2 Å². The van der Waals surface area contributed by atoms with Crippen LogP contribution in [0.3, 0.4) is 0 Å². The maximum absolute atomic E-state index is 13.1. The molecule has 3 aromatic rings. The van der Waals surface area contributed by atoms with E-state index in [0.717, 1.165) is 17.1 Å². The number of morpholine rings is 1. The van der Waals surface area contributed by atoms with Gasteiger partial charge in [-0.15, -0.1) is 0 Å². The molecule has 0 saturated carbocycles. The molecule has 4 rings (SSSR count). The summed E-state index contributed by atoms with van der Waals surface area (Å²) in [5.74, 6) is 0.106. The third-order valence-corrected chi connectivity index (χ3v) is 5.45. The summed E-state index contributed by atoms with van der Waals surface area (Å²) < 4.78 is 7.11. The minimum Gasteiger partial charge on any atom is -0.378 e. The van der Waals surface area contributed by atoms with Gasteiger partial charge in [0.2, 0.25) is 0 Å². The molecule has 0 radical (unpaired) electrons. The van der Waals surface area contributed by atoms with Crippen molar-refractivity contribution in [3.63, 3.8) is 0 Å². The number of hydrogen-bond donors (Lipinski definition) is 1. The average Bonchev–Trinajstić information content (AvgIpc) is 3.07. The molecular weight excluding hydrogens is 425 g/mol. The maximum Gasteiger partial charge on any atom is 0.275 e. The van der Waals surface area contributed by atoms with Gasteiger partial charge in [-0.2, -0.15) is 5.10 Å². The molecule has 3 heterocycles. The zero-order valence-corrected chi connectivity index (χ0v) is 18.2. The highest BCUT2D eigenvalue weighted by molar-refractivity contribution is 6.35. The molecule has 9 heteroatoms. The molecule has 1 saturated heterocycles. The normalized spacial score (nSPS) is 14.1. The van der Waals surface area contributed by atoms with Gasteiger partial charge in [-0.3, -0.25) is 4.79 Å². The van der Waals surface area contributed by atoms with Crippen LogP contribution in [0.2, 0.25) is 10.0 Å². The highest BCUT2D eigenvalue weighted by atomic mass is 35.5. The summed E-state index contributed by atoms with van der Waals surface area (Å²) in [7, 11) is 0. The molecule has 1 amide bonds. The summed E-state index contributed by atoms with van der Waals surface area (Å²) in [5, 5.41) is 8.16. The Morgan fingerprint density at radius 3 is 2.57 bits per heavy atom. The van der Waals surface area contributed by atoms with Gasteiger partial charge in [0, 0.05) is 18.8 Å². The van der Waals surface area contributed by atoms with E-state index in [1.807, 2.05) is 26.0 Å². The second-order valence-electron chi connectivity index (χ2n) is 7.03. The summed E-state index contributed by atoms with van der Waals surface area (Å²) in [6.45, 7) is 6.43. The second kappa shape index (κ2) is 8.63. The Morgan fingerprint density at radius 1 is 1.10 bits per heavy atom. The van der Waals surface area contributed by atoms with Crippen molar-refractivity contribution < 1.29 is 9.53 Å². The Hall–Kier alpha value is -2.61. The smallest absolute Gasteiger partial charge is 0.275 e. The molecule has 1 fully saturated rings. The number of amides is 1. The van der Waals surface area contributed by atoms with Gasteiger partial charge in [0.1, 0.15) is 5.69 Å². The van der Waals surface area contributed by atoms with Gasteiger partial charge in [0.25, 0.3) is 5.91 Å². The maximum atomic E-state index is 13.1. The lowest BCUT2D eigenvalue weighted by Gasteiger charge is -2.31. The predicted molar refractivity (Wildman–Crippen MR) is 118 cm³/mol. The number of aryl methyl sites for hydroxylation is 2. The van der Waals surface area contributed by atoms with Gasteiger partial charge in [0.15, 0.2) is 5.82 Å². The standard InChI is InChI=1S/C21H21Cl2N5O2/c1-13-12-14(2)28(26-13)18-7-6-15(22)19(25-18)21(29)24-17-5-3-4-16(23)20(17)27-8-10-30-11-9-27/h3-7,12H,8-11H2,1-2H3,(H,24,29). The van der Waals surface area contributed by atoms with Gasteiger partial charge in [-0.25, -0.2) is 9.67 Å². The van der Waals surface area contributed by atoms with E-state index in [-0.39, 0.29) is 10.7 Å². The van der Waals surface area contributed by atoms with Crippen LogP contribution in [0.15, 0.2) is 36.4 Å². The van der Waals surface area contributed by atoms with Crippen molar-refractivity contribution in [1.29, 1.82) is 0 Å². The van der Waals surface area contributed by atoms with E-state index in [9.17, 15) is 4.79 Å². The summed E-state index contributed by atoms with van der Waals surface area (Å²) in [5.41, 5.74) is 3.27. The minimum absolute atomic E-state index is 0.120. The molecule has 1 aliphatic heterocycles. The molecule has 1 aliphatic rings. The van der Waals surface area contributed by atoms with E-state index in [1.165, 1.54) is 0 Å². The minimum atomic E-state index is -0.417. The number of halogens is 2. The van der Waals surface area contributed by atoms with E-state index in [2.05, 4.69) is 20.3 Å². The van der Waals surface area contributed by atoms with Crippen LogP contribution < -0.4 is 10.2 Å². The van der Waals surface area contributed by atoms with Crippen LogP contribution in [0.25, 0.3) is 5.82 Å². The first-order valence-corrected chi connectivity index (χ1v) is 10.3.